The summed E-state index contributed by atoms with van der Waals surface area (Å²) >= 11 is 6.24. The van der Waals surface area contributed by atoms with Crippen molar-refractivity contribution in [2.45, 2.75) is 53.1 Å². The van der Waals surface area contributed by atoms with Crippen LogP contribution in [0.1, 0.15) is 40.5 Å². The Bertz CT molecular complexity index is 731. The van der Waals surface area contributed by atoms with E-state index in [9.17, 15) is 9.59 Å². The van der Waals surface area contributed by atoms with E-state index in [1.165, 1.54) is 12.6 Å². The summed E-state index contributed by atoms with van der Waals surface area (Å²) in [5.41, 5.74) is 0.472. The molecule has 0 aromatic carbocycles. The van der Waals surface area contributed by atoms with Gasteiger partial charge in [-0.2, -0.15) is 5.10 Å². The molecule has 1 N–H and O–H groups in total. The fourth-order valence-corrected chi connectivity index (χ4v) is 4.75. The van der Waals surface area contributed by atoms with Crippen molar-refractivity contribution in [3.63, 3.8) is 0 Å². The number of hydrogen-bond acceptors (Lipinski definition) is 5. The Morgan fingerprint density at radius 2 is 2.20 bits per heavy atom. The quantitative estimate of drug-likeness (QED) is 0.810. The molecule has 25 heavy (non-hydrogen) atoms. The van der Waals surface area contributed by atoms with Crippen molar-refractivity contribution in [2.75, 3.05) is 11.9 Å². The lowest BCUT2D eigenvalue weighted by molar-refractivity contribution is -0.144. The van der Waals surface area contributed by atoms with Crippen molar-refractivity contribution in [3.05, 3.63) is 21.6 Å². The lowest BCUT2D eigenvalue weighted by Gasteiger charge is -2.62. The van der Waals surface area contributed by atoms with Crippen LogP contribution in [-0.4, -0.2) is 28.4 Å². The molecule has 2 bridgehead atoms. The van der Waals surface area contributed by atoms with Crippen molar-refractivity contribution in [1.82, 2.24) is 9.78 Å². The second kappa shape index (κ2) is 6.63. The lowest BCUT2D eigenvalue weighted by Crippen LogP contribution is -2.58. The van der Waals surface area contributed by atoms with Crippen LogP contribution in [0.15, 0.2) is 11.0 Å². The SMILES string of the molecule is CCOC(=O)Cn1ncc(N[C@@H]2C[C@H]3C[C@H]([C@@H]2C)C3(C)C)c(Cl)c1=O. The van der Waals surface area contributed by atoms with E-state index in [1.807, 2.05) is 0 Å². The van der Waals surface area contributed by atoms with Crippen molar-refractivity contribution >= 4 is 23.3 Å². The Labute approximate surface area is 152 Å². The molecule has 1 heterocycles. The Balaban J connectivity index is 1.73. The summed E-state index contributed by atoms with van der Waals surface area (Å²) in [4.78, 5) is 23.9. The van der Waals surface area contributed by atoms with Gasteiger partial charge in [-0.1, -0.05) is 32.4 Å². The number of anilines is 1. The van der Waals surface area contributed by atoms with Crippen LogP contribution in [0.4, 0.5) is 5.69 Å². The van der Waals surface area contributed by atoms with Gasteiger partial charge in [0.05, 0.1) is 18.5 Å². The Morgan fingerprint density at radius 1 is 1.48 bits per heavy atom. The van der Waals surface area contributed by atoms with Crippen LogP contribution in [0.5, 0.6) is 0 Å². The van der Waals surface area contributed by atoms with Gasteiger partial charge in [0.25, 0.3) is 5.56 Å². The van der Waals surface area contributed by atoms with Crippen LogP contribution in [0.2, 0.25) is 5.02 Å². The zero-order valence-electron chi connectivity index (χ0n) is 15.2. The van der Waals surface area contributed by atoms with Crippen molar-refractivity contribution in [3.8, 4) is 0 Å². The number of hydrogen-bond donors (Lipinski definition) is 1. The number of esters is 1. The van der Waals surface area contributed by atoms with Gasteiger partial charge >= 0.3 is 5.97 Å². The number of carbonyl (C=O) groups excluding carboxylic acids is 1. The molecule has 3 saturated carbocycles. The average Bonchev–Trinajstić information content (AvgIpc) is 2.55. The number of nitrogens with zero attached hydrogens (tertiary/aromatic N) is 2. The third-order valence-corrected chi connectivity index (χ3v) is 6.63. The van der Waals surface area contributed by atoms with Gasteiger partial charge in [0.1, 0.15) is 11.6 Å². The van der Waals surface area contributed by atoms with E-state index in [1.54, 1.807) is 6.92 Å². The van der Waals surface area contributed by atoms with Gasteiger partial charge in [0, 0.05) is 6.04 Å². The highest BCUT2D eigenvalue weighted by Gasteiger charge is 2.56. The number of halogens is 1. The number of nitrogens with one attached hydrogen (secondary N) is 1. The van der Waals surface area contributed by atoms with Gasteiger partial charge in [-0.05, 0) is 42.9 Å². The zero-order chi connectivity index (χ0) is 18.4. The summed E-state index contributed by atoms with van der Waals surface area (Å²) in [5, 5.41) is 7.56. The molecule has 138 valence electrons. The maximum Gasteiger partial charge on any atom is 0.327 e. The molecule has 6 nitrogen and oxygen atoms in total. The minimum Gasteiger partial charge on any atom is -0.465 e. The highest BCUT2D eigenvalue weighted by atomic mass is 35.5. The van der Waals surface area contributed by atoms with E-state index in [0.717, 1.165) is 11.1 Å². The maximum absolute atomic E-state index is 12.3. The molecule has 3 fully saturated rings. The van der Waals surface area contributed by atoms with Crippen LogP contribution >= 0.6 is 11.6 Å². The van der Waals surface area contributed by atoms with Gasteiger partial charge in [-0.15, -0.1) is 0 Å². The van der Waals surface area contributed by atoms with E-state index < -0.39 is 11.5 Å². The molecule has 0 radical (unpaired) electrons. The summed E-state index contributed by atoms with van der Waals surface area (Å²) in [6.07, 6.45) is 3.90. The molecular formula is C18H26ClN3O3. The molecule has 0 amide bonds. The third kappa shape index (κ3) is 3.16. The van der Waals surface area contributed by atoms with Crippen LogP contribution in [0.3, 0.4) is 0 Å². The zero-order valence-corrected chi connectivity index (χ0v) is 16.0. The molecule has 1 aromatic heterocycles. The van der Waals surface area contributed by atoms with E-state index >= 15 is 0 Å². The second-order valence-electron chi connectivity index (χ2n) is 7.85. The fourth-order valence-electron chi connectivity index (χ4n) is 4.55. The number of rotatable bonds is 5. The first-order chi connectivity index (χ1) is 11.8. The smallest absolute Gasteiger partial charge is 0.327 e. The molecule has 3 aliphatic carbocycles. The minimum absolute atomic E-state index is 0.0741. The first kappa shape index (κ1) is 18.2. The fraction of sp³-hybridized carbons (Fsp3) is 0.722. The summed E-state index contributed by atoms with van der Waals surface area (Å²) in [6.45, 7) is 8.71. The normalized spacial score (nSPS) is 29.6. The largest absolute Gasteiger partial charge is 0.465 e. The topological polar surface area (TPSA) is 73.2 Å². The van der Waals surface area contributed by atoms with Crippen LogP contribution in [0, 0.1) is 23.2 Å². The molecule has 4 atom stereocenters. The Kier molecular flexibility index (Phi) is 4.84. The van der Waals surface area contributed by atoms with E-state index in [2.05, 4.69) is 31.2 Å². The molecule has 1 aromatic rings. The van der Waals surface area contributed by atoms with Gasteiger partial charge in [0.15, 0.2) is 0 Å². The third-order valence-electron chi connectivity index (χ3n) is 6.26. The first-order valence-corrected chi connectivity index (χ1v) is 9.31. The molecule has 4 rings (SSSR count). The second-order valence-corrected chi connectivity index (χ2v) is 8.22. The van der Waals surface area contributed by atoms with E-state index in [4.69, 9.17) is 16.3 Å². The first-order valence-electron chi connectivity index (χ1n) is 8.93. The van der Waals surface area contributed by atoms with Crippen molar-refractivity contribution in [1.29, 1.82) is 0 Å². The lowest BCUT2D eigenvalue weighted by atomic mass is 9.45. The summed E-state index contributed by atoms with van der Waals surface area (Å²) in [7, 11) is 0. The Morgan fingerprint density at radius 3 is 2.80 bits per heavy atom. The number of ether oxygens (including phenoxy) is 1. The van der Waals surface area contributed by atoms with Gasteiger partial charge in [-0.25, -0.2) is 4.68 Å². The molecule has 7 heteroatoms. The summed E-state index contributed by atoms with van der Waals surface area (Å²) in [6, 6.07) is 0.288. The molecule has 0 saturated heterocycles. The highest BCUT2D eigenvalue weighted by Crippen LogP contribution is 2.61. The van der Waals surface area contributed by atoms with E-state index in [0.29, 0.717) is 28.9 Å². The predicted octanol–water partition coefficient (Wildman–Crippen LogP) is 2.94. The summed E-state index contributed by atoms with van der Waals surface area (Å²) in [5.74, 6) is 1.41. The maximum atomic E-state index is 12.3. The number of fused-ring (bicyclic) bond motifs is 2. The van der Waals surface area contributed by atoms with Crippen molar-refractivity contribution in [2.24, 2.45) is 23.2 Å². The van der Waals surface area contributed by atoms with E-state index in [-0.39, 0.29) is 24.2 Å². The molecule has 0 unspecified atom stereocenters. The standard InChI is InChI=1S/C18H26ClN3O3/c1-5-25-15(23)9-22-17(24)16(19)14(8-20-22)21-13-7-11-6-12(10(13)2)18(11,3)4/h8,10-13,21H,5-7,9H2,1-4H3/t10-,11+,12+,13+/m0/s1. The molecule has 0 aliphatic heterocycles. The predicted molar refractivity (Wildman–Crippen MR) is 96.7 cm³/mol. The average molecular weight is 368 g/mol. The van der Waals surface area contributed by atoms with Gasteiger partial charge in [0.2, 0.25) is 0 Å². The Hall–Kier alpha value is -1.56. The van der Waals surface area contributed by atoms with Crippen molar-refractivity contribution < 1.29 is 9.53 Å². The van der Waals surface area contributed by atoms with Gasteiger partial charge < -0.3 is 10.1 Å². The molecule has 3 aliphatic rings. The molecular weight excluding hydrogens is 342 g/mol. The number of aromatic nitrogens is 2. The van der Waals surface area contributed by atoms with Crippen LogP contribution in [-0.2, 0) is 16.1 Å². The van der Waals surface area contributed by atoms with Crippen LogP contribution in [0.25, 0.3) is 0 Å². The summed E-state index contributed by atoms with van der Waals surface area (Å²) < 4.78 is 5.88. The monoisotopic (exact) mass is 367 g/mol. The molecule has 0 spiro atoms. The van der Waals surface area contributed by atoms with Crippen LogP contribution < -0.4 is 10.9 Å². The minimum atomic E-state index is -0.503. The number of carbonyl (C=O) groups is 1. The highest BCUT2D eigenvalue weighted by molar-refractivity contribution is 6.32. The van der Waals surface area contributed by atoms with Gasteiger partial charge in [-0.3, -0.25) is 9.59 Å².